The molecule has 16 heavy (non-hydrogen) atoms. The van der Waals surface area contributed by atoms with E-state index < -0.39 is 5.97 Å². The number of nitrogens with zero attached hydrogens (tertiary/aromatic N) is 1. The van der Waals surface area contributed by atoms with Gasteiger partial charge in [0.1, 0.15) is 5.70 Å². The Morgan fingerprint density at radius 1 is 1.62 bits per heavy atom. The minimum atomic E-state index is -1.09. The van der Waals surface area contributed by atoms with Gasteiger partial charge in [-0.2, -0.15) is 0 Å². The van der Waals surface area contributed by atoms with Crippen LogP contribution in [0.25, 0.3) is 0 Å². The van der Waals surface area contributed by atoms with E-state index in [-0.39, 0.29) is 11.1 Å². The highest BCUT2D eigenvalue weighted by molar-refractivity contribution is 7.09. The fourth-order valence-electron chi connectivity index (χ4n) is 1.03. The third-order valence-corrected chi connectivity index (χ3v) is 2.93. The summed E-state index contributed by atoms with van der Waals surface area (Å²) in [7, 11) is 0. The first-order chi connectivity index (χ1) is 7.30. The maximum absolute atomic E-state index is 10.5. The lowest BCUT2D eigenvalue weighted by molar-refractivity contribution is -0.132. The lowest BCUT2D eigenvalue weighted by Gasteiger charge is -2.14. The summed E-state index contributed by atoms with van der Waals surface area (Å²) >= 11 is 1.53. The minimum Gasteiger partial charge on any atom is -0.477 e. The second-order valence-electron chi connectivity index (χ2n) is 4.55. The number of aliphatic carboxylic acids is 1. The highest BCUT2D eigenvalue weighted by Gasteiger charge is 2.17. The maximum Gasteiger partial charge on any atom is 0.351 e. The second-order valence-corrected chi connectivity index (χ2v) is 5.49. The van der Waals surface area contributed by atoms with Gasteiger partial charge in [-0.15, -0.1) is 11.3 Å². The molecule has 1 rings (SSSR count). The summed E-state index contributed by atoms with van der Waals surface area (Å²) in [6.45, 7) is 6.27. The van der Waals surface area contributed by atoms with Crippen LogP contribution in [0.1, 0.15) is 31.5 Å². The molecule has 0 saturated carbocycles. The zero-order chi connectivity index (χ0) is 12.3. The number of carbonyl (C=O) groups is 1. The lowest BCUT2D eigenvalue weighted by Crippen LogP contribution is -2.12. The molecule has 0 amide bonds. The SMILES string of the molecule is CC(C)(C)c1csc(C/C=C(/N)C(=O)O)n1. The van der Waals surface area contributed by atoms with Crippen molar-refractivity contribution in [3.05, 3.63) is 27.9 Å². The molecule has 4 nitrogen and oxygen atoms in total. The van der Waals surface area contributed by atoms with Crippen LogP contribution in [0.5, 0.6) is 0 Å². The van der Waals surface area contributed by atoms with E-state index in [1.165, 1.54) is 17.4 Å². The maximum atomic E-state index is 10.5. The molecule has 0 fully saturated rings. The largest absolute Gasteiger partial charge is 0.477 e. The van der Waals surface area contributed by atoms with Crippen LogP contribution in [-0.2, 0) is 16.6 Å². The Hall–Kier alpha value is -1.36. The van der Waals surface area contributed by atoms with Gasteiger partial charge >= 0.3 is 5.97 Å². The van der Waals surface area contributed by atoms with Gasteiger partial charge in [-0.1, -0.05) is 20.8 Å². The molecule has 0 radical (unpaired) electrons. The lowest BCUT2D eigenvalue weighted by atomic mass is 9.93. The third-order valence-electron chi connectivity index (χ3n) is 2.06. The molecule has 1 aromatic heterocycles. The van der Waals surface area contributed by atoms with Gasteiger partial charge < -0.3 is 10.8 Å². The van der Waals surface area contributed by atoms with Crippen molar-refractivity contribution >= 4 is 17.3 Å². The first kappa shape index (κ1) is 12.7. The molecule has 1 heterocycles. The van der Waals surface area contributed by atoms with Crippen molar-refractivity contribution in [2.45, 2.75) is 32.6 Å². The van der Waals surface area contributed by atoms with E-state index in [9.17, 15) is 4.79 Å². The molecule has 0 atom stereocenters. The third kappa shape index (κ3) is 3.34. The molecule has 0 saturated heterocycles. The molecular formula is C11H16N2O2S. The molecular weight excluding hydrogens is 224 g/mol. The second kappa shape index (κ2) is 4.65. The van der Waals surface area contributed by atoms with E-state index in [2.05, 4.69) is 25.8 Å². The zero-order valence-corrected chi connectivity index (χ0v) is 10.5. The van der Waals surface area contributed by atoms with E-state index in [1.807, 2.05) is 5.38 Å². The number of aromatic nitrogens is 1. The van der Waals surface area contributed by atoms with Gasteiger partial charge in [0.15, 0.2) is 0 Å². The van der Waals surface area contributed by atoms with Crippen molar-refractivity contribution in [3.63, 3.8) is 0 Å². The van der Waals surface area contributed by atoms with E-state index in [1.54, 1.807) is 0 Å². The summed E-state index contributed by atoms with van der Waals surface area (Å²) in [6.07, 6.45) is 1.95. The molecule has 0 aliphatic rings. The number of carboxylic acids is 1. The van der Waals surface area contributed by atoms with Crippen molar-refractivity contribution in [2.24, 2.45) is 5.73 Å². The molecule has 0 spiro atoms. The van der Waals surface area contributed by atoms with Crippen LogP contribution >= 0.6 is 11.3 Å². The smallest absolute Gasteiger partial charge is 0.351 e. The normalized spacial score (nSPS) is 12.8. The molecule has 1 aromatic rings. The molecule has 5 heteroatoms. The fourth-order valence-corrected chi connectivity index (χ4v) is 2.02. The molecule has 0 bridgehead atoms. The van der Waals surface area contributed by atoms with Gasteiger partial charge in [0.2, 0.25) is 0 Å². The van der Waals surface area contributed by atoms with Gasteiger partial charge in [-0.25, -0.2) is 9.78 Å². The Morgan fingerprint density at radius 2 is 2.25 bits per heavy atom. The van der Waals surface area contributed by atoms with E-state index in [0.717, 1.165) is 10.7 Å². The highest BCUT2D eigenvalue weighted by Crippen LogP contribution is 2.24. The van der Waals surface area contributed by atoms with Crippen molar-refractivity contribution in [1.29, 1.82) is 0 Å². The predicted molar refractivity (Wildman–Crippen MR) is 64.4 cm³/mol. The van der Waals surface area contributed by atoms with Crippen molar-refractivity contribution in [3.8, 4) is 0 Å². The Balaban J connectivity index is 2.74. The monoisotopic (exact) mass is 240 g/mol. The van der Waals surface area contributed by atoms with Crippen LogP contribution in [-0.4, -0.2) is 16.1 Å². The number of hydrogen-bond donors (Lipinski definition) is 2. The van der Waals surface area contributed by atoms with E-state index in [4.69, 9.17) is 10.8 Å². The van der Waals surface area contributed by atoms with Gasteiger partial charge in [-0.05, 0) is 6.08 Å². The predicted octanol–water partition coefficient (Wildman–Crippen LogP) is 1.91. The van der Waals surface area contributed by atoms with Crippen molar-refractivity contribution < 1.29 is 9.90 Å². The van der Waals surface area contributed by atoms with E-state index in [0.29, 0.717) is 6.42 Å². The summed E-state index contributed by atoms with van der Waals surface area (Å²) < 4.78 is 0. The summed E-state index contributed by atoms with van der Waals surface area (Å²) in [4.78, 5) is 14.9. The topological polar surface area (TPSA) is 76.2 Å². The van der Waals surface area contributed by atoms with Gasteiger partial charge in [-0.3, -0.25) is 0 Å². The van der Waals surface area contributed by atoms with Crippen molar-refractivity contribution in [1.82, 2.24) is 4.98 Å². The standard InChI is InChI=1S/C11H16N2O2S/c1-11(2,3)8-6-16-9(13-8)5-4-7(12)10(14)15/h4,6H,5,12H2,1-3H3,(H,14,15)/b7-4+. The highest BCUT2D eigenvalue weighted by atomic mass is 32.1. The number of rotatable bonds is 3. The number of hydrogen-bond acceptors (Lipinski definition) is 4. The average Bonchev–Trinajstić information content (AvgIpc) is 2.61. The molecule has 0 unspecified atom stereocenters. The summed E-state index contributed by atoms with van der Waals surface area (Å²) in [5.41, 5.74) is 6.21. The zero-order valence-electron chi connectivity index (χ0n) is 9.65. The summed E-state index contributed by atoms with van der Waals surface area (Å²) in [5, 5.41) is 11.5. The average molecular weight is 240 g/mol. The quantitative estimate of drug-likeness (QED) is 0.791. The van der Waals surface area contributed by atoms with Crippen LogP contribution < -0.4 is 5.73 Å². The Labute approximate surface area is 98.8 Å². The van der Waals surface area contributed by atoms with Gasteiger partial charge in [0.05, 0.1) is 10.7 Å². The first-order valence-electron chi connectivity index (χ1n) is 4.94. The van der Waals surface area contributed by atoms with Crippen LogP contribution in [0.2, 0.25) is 0 Å². The van der Waals surface area contributed by atoms with Gasteiger partial charge in [0, 0.05) is 17.2 Å². The van der Waals surface area contributed by atoms with Crippen LogP contribution in [0, 0.1) is 0 Å². The minimum absolute atomic E-state index is 0.0246. The molecule has 3 N–H and O–H groups in total. The number of allylic oxidation sites excluding steroid dienone is 1. The molecule has 0 aliphatic carbocycles. The Bertz CT molecular complexity index is 416. The first-order valence-corrected chi connectivity index (χ1v) is 5.82. The number of nitrogens with two attached hydrogens (primary N) is 1. The van der Waals surface area contributed by atoms with Crippen LogP contribution in [0.3, 0.4) is 0 Å². The molecule has 0 aromatic carbocycles. The van der Waals surface area contributed by atoms with Gasteiger partial charge in [0.25, 0.3) is 0 Å². The fraction of sp³-hybridized carbons (Fsp3) is 0.455. The van der Waals surface area contributed by atoms with Crippen LogP contribution in [0.4, 0.5) is 0 Å². The van der Waals surface area contributed by atoms with Crippen molar-refractivity contribution in [2.75, 3.05) is 0 Å². The van der Waals surface area contributed by atoms with E-state index >= 15 is 0 Å². The number of thiazole rings is 1. The summed E-state index contributed by atoms with van der Waals surface area (Å²) in [5.74, 6) is -1.09. The molecule has 0 aliphatic heterocycles. The summed E-state index contributed by atoms with van der Waals surface area (Å²) in [6, 6.07) is 0. The molecule has 88 valence electrons. The Kier molecular flexibility index (Phi) is 3.70. The number of carboxylic acid groups (broad SMARTS) is 1. The van der Waals surface area contributed by atoms with Crippen LogP contribution in [0.15, 0.2) is 17.2 Å². The Morgan fingerprint density at radius 3 is 2.69 bits per heavy atom.